The van der Waals surface area contributed by atoms with Gasteiger partial charge in [-0.05, 0) is 91.8 Å². The van der Waals surface area contributed by atoms with E-state index >= 15 is 0 Å². The third-order valence-electron chi connectivity index (χ3n) is 11.6. The SMILES string of the molecule is CCCCCCCC[C@@H]1CC[C@@H]2[C@H]3CC=C4C[C@@H](OC(=O)OC[C@@H](C)CC)CC[C@]4(C)[C@@H]3CC[C@]12C. The van der Waals surface area contributed by atoms with E-state index < -0.39 is 6.16 Å². The van der Waals surface area contributed by atoms with Gasteiger partial charge in [0.15, 0.2) is 0 Å². The van der Waals surface area contributed by atoms with Gasteiger partial charge in [0, 0.05) is 6.42 Å². The van der Waals surface area contributed by atoms with Crippen LogP contribution in [0.4, 0.5) is 4.79 Å². The summed E-state index contributed by atoms with van der Waals surface area (Å²) in [6.45, 7) is 12.2. The summed E-state index contributed by atoms with van der Waals surface area (Å²) in [5.74, 6) is 3.95. The van der Waals surface area contributed by atoms with Crippen molar-refractivity contribution in [3.8, 4) is 0 Å². The molecule has 4 aliphatic rings. The summed E-state index contributed by atoms with van der Waals surface area (Å²) >= 11 is 0. The van der Waals surface area contributed by atoms with Crippen LogP contribution in [0.5, 0.6) is 0 Å². The average molecular weight is 501 g/mol. The predicted molar refractivity (Wildman–Crippen MR) is 149 cm³/mol. The lowest BCUT2D eigenvalue weighted by Crippen LogP contribution is -2.50. The van der Waals surface area contributed by atoms with Gasteiger partial charge in [-0.3, -0.25) is 0 Å². The lowest BCUT2D eigenvalue weighted by Gasteiger charge is -2.58. The van der Waals surface area contributed by atoms with Crippen molar-refractivity contribution < 1.29 is 14.3 Å². The number of fused-ring (bicyclic) bond motifs is 5. The van der Waals surface area contributed by atoms with E-state index in [1.165, 1.54) is 77.0 Å². The summed E-state index contributed by atoms with van der Waals surface area (Å²) in [5.41, 5.74) is 2.47. The Hall–Kier alpha value is -0.990. The molecule has 0 unspecified atom stereocenters. The largest absolute Gasteiger partial charge is 0.508 e. The highest BCUT2D eigenvalue weighted by Crippen LogP contribution is 2.66. The van der Waals surface area contributed by atoms with E-state index in [1.807, 2.05) is 0 Å². The number of hydrogen-bond acceptors (Lipinski definition) is 3. The molecule has 3 saturated carbocycles. The predicted octanol–water partition coefficient (Wildman–Crippen LogP) is 9.88. The van der Waals surface area contributed by atoms with Crippen LogP contribution in [0.3, 0.4) is 0 Å². The maximum Gasteiger partial charge on any atom is 0.508 e. The van der Waals surface area contributed by atoms with Crippen molar-refractivity contribution in [2.75, 3.05) is 6.61 Å². The van der Waals surface area contributed by atoms with Gasteiger partial charge < -0.3 is 9.47 Å². The smallest absolute Gasteiger partial charge is 0.434 e. The first-order valence-electron chi connectivity index (χ1n) is 15.8. The van der Waals surface area contributed by atoms with E-state index in [0.717, 1.165) is 49.4 Å². The minimum Gasteiger partial charge on any atom is -0.434 e. The molecule has 0 aromatic carbocycles. The fraction of sp³-hybridized carbons (Fsp3) is 0.909. The molecule has 0 aromatic rings. The second kappa shape index (κ2) is 12.2. The first kappa shape index (κ1) is 28.0. The van der Waals surface area contributed by atoms with Crippen LogP contribution >= 0.6 is 0 Å². The highest BCUT2D eigenvalue weighted by atomic mass is 16.7. The summed E-state index contributed by atoms with van der Waals surface area (Å²) < 4.78 is 11.2. The Bertz CT molecular complexity index is 758. The number of hydrogen-bond donors (Lipinski definition) is 0. The van der Waals surface area contributed by atoms with Crippen molar-refractivity contribution in [1.29, 1.82) is 0 Å². The molecule has 0 N–H and O–H groups in total. The molecule has 0 bridgehead atoms. The van der Waals surface area contributed by atoms with Crippen molar-refractivity contribution in [2.24, 2.45) is 40.4 Å². The van der Waals surface area contributed by atoms with E-state index in [0.29, 0.717) is 23.4 Å². The zero-order chi connectivity index (χ0) is 25.8. The van der Waals surface area contributed by atoms with Crippen LogP contribution < -0.4 is 0 Å². The fourth-order valence-corrected chi connectivity index (χ4v) is 8.98. The Morgan fingerprint density at radius 3 is 2.56 bits per heavy atom. The molecule has 3 fully saturated rings. The van der Waals surface area contributed by atoms with E-state index in [2.05, 4.69) is 40.7 Å². The number of ether oxygens (including phenoxy) is 2. The normalized spacial score (nSPS) is 38.4. The van der Waals surface area contributed by atoms with E-state index in [9.17, 15) is 4.79 Å². The van der Waals surface area contributed by atoms with Crippen LogP contribution in [0.2, 0.25) is 0 Å². The van der Waals surface area contributed by atoms with Gasteiger partial charge in [-0.2, -0.15) is 0 Å². The van der Waals surface area contributed by atoms with Crippen LogP contribution in [-0.4, -0.2) is 18.9 Å². The van der Waals surface area contributed by atoms with E-state index in [4.69, 9.17) is 9.47 Å². The Labute approximate surface area is 222 Å². The molecule has 8 atom stereocenters. The Balaban J connectivity index is 1.32. The van der Waals surface area contributed by atoms with Gasteiger partial charge in [-0.25, -0.2) is 4.79 Å². The molecule has 4 rings (SSSR count). The number of rotatable bonds is 11. The summed E-state index contributed by atoms with van der Waals surface area (Å²) in [4.78, 5) is 12.3. The topological polar surface area (TPSA) is 35.5 Å². The monoisotopic (exact) mass is 500 g/mol. The highest BCUT2D eigenvalue weighted by molar-refractivity contribution is 5.60. The lowest BCUT2D eigenvalue weighted by atomic mass is 9.47. The summed E-state index contributed by atoms with van der Waals surface area (Å²) in [6, 6.07) is 0. The van der Waals surface area contributed by atoms with Gasteiger partial charge in [0.2, 0.25) is 0 Å². The van der Waals surface area contributed by atoms with Crippen molar-refractivity contribution in [3.63, 3.8) is 0 Å². The third-order valence-corrected chi connectivity index (χ3v) is 11.6. The molecule has 0 aliphatic heterocycles. The second-order valence-electron chi connectivity index (χ2n) is 13.7. The number of carbonyl (C=O) groups excluding carboxylic acids is 1. The molecule has 0 aromatic heterocycles. The number of carbonyl (C=O) groups is 1. The molecule has 3 nitrogen and oxygen atoms in total. The molecule has 0 amide bonds. The first-order valence-corrected chi connectivity index (χ1v) is 15.8. The average Bonchev–Trinajstić information content (AvgIpc) is 3.21. The first-order chi connectivity index (χ1) is 17.3. The van der Waals surface area contributed by atoms with Crippen molar-refractivity contribution >= 4 is 6.16 Å². The Morgan fingerprint density at radius 2 is 1.78 bits per heavy atom. The van der Waals surface area contributed by atoms with Crippen LogP contribution in [0, 0.1) is 40.4 Å². The maximum absolute atomic E-state index is 12.3. The molecule has 3 heteroatoms. The van der Waals surface area contributed by atoms with Crippen LogP contribution in [0.25, 0.3) is 0 Å². The summed E-state index contributed by atoms with van der Waals surface area (Å²) in [5, 5.41) is 0. The number of allylic oxidation sites excluding steroid dienone is 1. The van der Waals surface area contributed by atoms with Crippen LogP contribution in [0.15, 0.2) is 11.6 Å². The van der Waals surface area contributed by atoms with Gasteiger partial charge in [0.1, 0.15) is 6.10 Å². The summed E-state index contributed by atoms with van der Waals surface area (Å²) in [6.07, 6.45) is 23.2. The van der Waals surface area contributed by atoms with Crippen molar-refractivity contribution in [3.05, 3.63) is 11.6 Å². The Kier molecular flexibility index (Phi) is 9.54. The van der Waals surface area contributed by atoms with Gasteiger partial charge in [0.25, 0.3) is 0 Å². The Morgan fingerprint density at radius 1 is 1.00 bits per heavy atom. The molecule has 0 spiro atoms. The number of unbranched alkanes of at least 4 members (excludes halogenated alkanes) is 5. The molecule has 36 heavy (non-hydrogen) atoms. The minimum atomic E-state index is -0.464. The second-order valence-corrected chi connectivity index (χ2v) is 13.7. The molecular weight excluding hydrogens is 444 g/mol. The van der Waals surface area contributed by atoms with Crippen LogP contribution in [0.1, 0.15) is 137 Å². The maximum atomic E-state index is 12.3. The van der Waals surface area contributed by atoms with Gasteiger partial charge in [0.05, 0.1) is 6.61 Å². The zero-order valence-electron chi connectivity index (χ0n) is 24.3. The molecule has 0 heterocycles. The highest BCUT2D eigenvalue weighted by Gasteiger charge is 2.58. The quantitative estimate of drug-likeness (QED) is 0.161. The molecule has 0 radical (unpaired) electrons. The van der Waals surface area contributed by atoms with E-state index in [-0.39, 0.29) is 6.10 Å². The van der Waals surface area contributed by atoms with Crippen molar-refractivity contribution in [2.45, 2.75) is 143 Å². The van der Waals surface area contributed by atoms with E-state index in [1.54, 1.807) is 5.57 Å². The van der Waals surface area contributed by atoms with Gasteiger partial charge in [-0.15, -0.1) is 0 Å². The molecular formula is C33H56O3. The van der Waals surface area contributed by atoms with Crippen LogP contribution in [-0.2, 0) is 9.47 Å². The van der Waals surface area contributed by atoms with Gasteiger partial charge in [-0.1, -0.05) is 91.2 Å². The minimum absolute atomic E-state index is 0.00708. The summed E-state index contributed by atoms with van der Waals surface area (Å²) in [7, 11) is 0. The molecule has 206 valence electrons. The van der Waals surface area contributed by atoms with Crippen molar-refractivity contribution in [1.82, 2.24) is 0 Å². The molecule has 4 aliphatic carbocycles. The van der Waals surface area contributed by atoms with Gasteiger partial charge >= 0.3 is 6.16 Å². The fourth-order valence-electron chi connectivity index (χ4n) is 8.98. The zero-order valence-corrected chi connectivity index (χ0v) is 24.3. The standard InChI is InChI=1S/C33H56O3/c1-6-8-9-10-11-12-13-25-15-17-29-28-16-14-26-22-27(36-31(34)35-23-24(3)7-2)18-20-33(26,5)30(28)19-21-32(25,29)4/h14,24-25,27-30H,6-13,15-23H2,1-5H3/t24-,25+,27-,28+,29+,30+,32+,33-/m0/s1. The third kappa shape index (κ3) is 5.85. The lowest BCUT2D eigenvalue weighted by molar-refractivity contribution is -0.0568. The molecule has 0 saturated heterocycles.